The maximum Gasteiger partial charge on any atom is 0.272 e. The van der Waals surface area contributed by atoms with E-state index in [2.05, 4.69) is 15.8 Å². The third kappa shape index (κ3) is 6.13. The van der Waals surface area contributed by atoms with Crippen molar-refractivity contribution >= 4 is 80.3 Å². The molecule has 2 aromatic heterocycles. The highest BCUT2D eigenvalue weighted by atomic mass is 35.5. The van der Waals surface area contributed by atoms with Gasteiger partial charge >= 0.3 is 0 Å². The van der Waals surface area contributed by atoms with Crippen LogP contribution in [0.4, 0.5) is 5.69 Å². The lowest BCUT2D eigenvalue weighted by Gasteiger charge is -2.11. The number of hydrogen-bond donors (Lipinski definition) is 2. The van der Waals surface area contributed by atoms with Crippen LogP contribution in [-0.4, -0.2) is 22.5 Å². The zero-order valence-electron chi connectivity index (χ0n) is 20.3. The van der Waals surface area contributed by atoms with E-state index in [1.807, 2.05) is 30.3 Å². The van der Waals surface area contributed by atoms with Crippen molar-refractivity contribution in [2.24, 2.45) is 5.10 Å². The second-order valence-electron chi connectivity index (χ2n) is 8.47. The molecule has 0 fully saturated rings. The fourth-order valence-electron chi connectivity index (χ4n) is 3.91. The number of amides is 2. The van der Waals surface area contributed by atoms with Crippen molar-refractivity contribution in [3.63, 3.8) is 0 Å². The van der Waals surface area contributed by atoms with Crippen LogP contribution in [0.2, 0.25) is 14.4 Å². The van der Waals surface area contributed by atoms with E-state index in [-0.39, 0.29) is 5.91 Å². The van der Waals surface area contributed by atoms with Gasteiger partial charge < -0.3 is 5.32 Å². The summed E-state index contributed by atoms with van der Waals surface area (Å²) in [6.45, 7) is 1.77. The number of carbonyl (C=O) groups excluding carboxylic acids is 2. The number of hydrogen-bond acceptors (Lipinski definition) is 5. The van der Waals surface area contributed by atoms with Crippen LogP contribution in [0.5, 0.6) is 0 Å². The molecule has 2 N–H and O–H groups in total. The van der Waals surface area contributed by atoms with Crippen molar-refractivity contribution in [1.29, 1.82) is 0 Å². The fourth-order valence-corrected chi connectivity index (χ4v) is 5.35. The molecule has 5 rings (SSSR count). The van der Waals surface area contributed by atoms with Gasteiger partial charge in [0.15, 0.2) is 0 Å². The van der Waals surface area contributed by atoms with E-state index in [1.54, 1.807) is 61.5 Å². The largest absolute Gasteiger partial charge is 0.321 e. The van der Waals surface area contributed by atoms with Gasteiger partial charge in [0.05, 0.1) is 36.7 Å². The van der Waals surface area contributed by atoms with Crippen molar-refractivity contribution in [2.45, 2.75) is 6.92 Å². The maximum absolute atomic E-state index is 13.3. The number of para-hydroxylation sites is 1. The zero-order valence-corrected chi connectivity index (χ0v) is 23.4. The summed E-state index contributed by atoms with van der Waals surface area (Å²) in [5, 5.41) is 8.78. The average Bonchev–Trinajstić information content (AvgIpc) is 3.37. The molecule has 0 aliphatic carbocycles. The number of anilines is 1. The van der Waals surface area contributed by atoms with Crippen LogP contribution >= 0.6 is 46.1 Å². The molecule has 0 saturated carbocycles. The monoisotopic (exact) mass is 592 g/mol. The van der Waals surface area contributed by atoms with Gasteiger partial charge in [-0.05, 0) is 67.1 Å². The second-order valence-corrected chi connectivity index (χ2v) is 11.0. The smallest absolute Gasteiger partial charge is 0.272 e. The molecule has 5 aromatic rings. The summed E-state index contributed by atoms with van der Waals surface area (Å²) >= 11 is 19.6. The van der Waals surface area contributed by atoms with Crippen LogP contribution in [0.3, 0.4) is 0 Å². The molecule has 0 spiro atoms. The minimum absolute atomic E-state index is 0.256. The Labute approximate surface area is 243 Å². The normalized spacial score (nSPS) is 11.4. The van der Waals surface area contributed by atoms with Crippen LogP contribution in [0.25, 0.3) is 22.2 Å². The van der Waals surface area contributed by atoms with Crippen LogP contribution in [0.15, 0.2) is 90.0 Å². The van der Waals surface area contributed by atoms with Gasteiger partial charge in [0, 0.05) is 21.7 Å². The summed E-state index contributed by atoms with van der Waals surface area (Å²) in [6, 6.07) is 24.7. The van der Waals surface area contributed by atoms with E-state index in [9.17, 15) is 9.59 Å². The summed E-state index contributed by atoms with van der Waals surface area (Å²) < 4.78 is 0.540. The number of thiophene rings is 1. The van der Waals surface area contributed by atoms with Crippen molar-refractivity contribution < 1.29 is 9.59 Å². The van der Waals surface area contributed by atoms with Gasteiger partial charge in [0.1, 0.15) is 0 Å². The molecule has 3 aromatic carbocycles. The van der Waals surface area contributed by atoms with Gasteiger partial charge in [-0.3, -0.25) is 9.59 Å². The highest BCUT2D eigenvalue weighted by Gasteiger charge is 2.16. The number of aromatic nitrogens is 1. The molecule has 0 aliphatic rings. The lowest BCUT2D eigenvalue weighted by molar-refractivity contribution is 0.0955. The third-order valence-electron chi connectivity index (χ3n) is 5.83. The Morgan fingerprint density at radius 3 is 2.46 bits per heavy atom. The van der Waals surface area contributed by atoms with Crippen LogP contribution in [0, 0.1) is 0 Å². The predicted molar refractivity (Wildman–Crippen MR) is 161 cm³/mol. The lowest BCUT2D eigenvalue weighted by atomic mass is 10.0. The summed E-state index contributed by atoms with van der Waals surface area (Å²) in [4.78, 5) is 31.0. The van der Waals surface area contributed by atoms with Crippen LogP contribution < -0.4 is 10.7 Å². The maximum atomic E-state index is 13.3. The summed E-state index contributed by atoms with van der Waals surface area (Å²) in [7, 11) is 0. The number of halogens is 3. The number of carbonyl (C=O) groups is 2. The van der Waals surface area contributed by atoms with E-state index in [1.165, 1.54) is 11.3 Å². The van der Waals surface area contributed by atoms with E-state index < -0.39 is 5.91 Å². The van der Waals surface area contributed by atoms with Gasteiger partial charge in [-0.2, -0.15) is 5.10 Å². The Morgan fingerprint density at radius 1 is 0.872 bits per heavy atom. The minimum Gasteiger partial charge on any atom is -0.321 e. The molecule has 2 heterocycles. The topological polar surface area (TPSA) is 83.4 Å². The highest BCUT2D eigenvalue weighted by molar-refractivity contribution is 7.18. The Kier molecular flexibility index (Phi) is 7.95. The van der Waals surface area contributed by atoms with E-state index >= 15 is 0 Å². The predicted octanol–water partition coefficient (Wildman–Crippen LogP) is 8.33. The Balaban J connectivity index is 1.39. The standard InChI is InChI=1S/C29H19Cl3N4O2S/c1-16(17-5-4-6-19(13-17)33-29(38)26-11-12-27(32)39-26)35-36-28(37)22-15-25(21-10-9-18(30)14-23(21)31)34-24-8-3-2-7-20(22)24/h2-15H,1H3,(H,33,38)(H,36,37)/b35-16-. The molecule has 10 heteroatoms. The van der Waals surface area contributed by atoms with E-state index in [0.717, 1.165) is 5.56 Å². The summed E-state index contributed by atoms with van der Waals surface area (Å²) in [6.07, 6.45) is 0. The van der Waals surface area contributed by atoms with Crippen molar-refractivity contribution in [3.8, 4) is 11.3 Å². The number of benzene rings is 3. The molecule has 0 unspecified atom stereocenters. The molecule has 0 radical (unpaired) electrons. The first-order chi connectivity index (χ1) is 18.8. The molecular formula is C29H19Cl3N4O2S. The number of nitrogens with zero attached hydrogens (tertiary/aromatic N) is 2. The first-order valence-electron chi connectivity index (χ1n) is 11.7. The van der Waals surface area contributed by atoms with Gasteiger partial charge in [-0.15, -0.1) is 11.3 Å². The Morgan fingerprint density at radius 2 is 1.69 bits per heavy atom. The third-order valence-corrected chi connectivity index (χ3v) is 7.61. The Bertz CT molecular complexity index is 1770. The number of rotatable bonds is 6. The van der Waals surface area contributed by atoms with E-state index in [4.69, 9.17) is 39.8 Å². The van der Waals surface area contributed by atoms with Gasteiger partial charge in [0.2, 0.25) is 0 Å². The van der Waals surface area contributed by atoms with Crippen molar-refractivity contribution in [2.75, 3.05) is 5.32 Å². The van der Waals surface area contributed by atoms with Gasteiger partial charge in [-0.1, -0.05) is 65.1 Å². The first-order valence-corrected chi connectivity index (χ1v) is 13.6. The van der Waals surface area contributed by atoms with E-state index in [0.29, 0.717) is 58.4 Å². The first kappa shape index (κ1) is 26.8. The van der Waals surface area contributed by atoms with Gasteiger partial charge in [0.25, 0.3) is 11.8 Å². The number of pyridine rings is 1. The minimum atomic E-state index is -0.404. The lowest BCUT2D eigenvalue weighted by Crippen LogP contribution is -2.20. The molecule has 0 aliphatic heterocycles. The molecule has 6 nitrogen and oxygen atoms in total. The van der Waals surface area contributed by atoms with Crippen LogP contribution in [0.1, 0.15) is 32.5 Å². The fraction of sp³-hybridized carbons (Fsp3) is 0.0345. The quantitative estimate of drug-likeness (QED) is 0.153. The number of hydrazone groups is 1. The summed E-state index contributed by atoms with van der Waals surface area (Å²) in [5.74, 6) is -0.661. The zero-order chi connectivity index (χ0) is 27.5. The molecule has 39 heavy (non-hydrogen) atoms. The van der Waals surface area contributed by atoms with Gasteiger partial charge in [-0.25, -0.2) is 10.4 Å². The Hall–Kier alpha value is -3.75. The van der Waals surface area contributed by atoms with Crippen molar-refractivity contribution in [1.82, 2.24) is 10.4 Å². The van der Waals surface area contributed by atoms with Crippen molar-refractivity contribution in [3.05, 3.63) is 115 Å². The number of nitrogens with one attached hydrogen (secondary N) is 2. The van der Waals surface area contributed by atoms with Crippen LogP contribution in [-0.2, 0) is 0 Å². The summed E-state index contributed by atoms with van der Waals surface area (Å²) in [5.41, 5.74) is 6.75. The average molecular weight is 594 g/mol. The highest BCUT2D eigenvalue weighted by Crippen LogP contribution is 2.32. The molecule has 194 valence electrons. The molecule has 0 bridgehead atoms. The molecule has 0 saturated heterocycles. The molecule has 0 atom stereocenters. The molecule has 2 amide bonds. The number of fused-ring (bicyclic) bond motifs is 1. The SMILES string of the molecule is C/C(=N/NC(=O)c1cc(-c2ccc(Cl)cc2Cl)nc2ccccc12)c1cccc(NC(=O)c2ccc(Cl)s2)c1. The second kappa shape index (κ2) is 11.6. The molecular weight excluding hydrogens is 575 g/mol.